The van der Waals surface area contributed by atoms with Gasteiger partial charge >= 0.3 is 0 Å². The van der Waals surface area contributed by atoms with Gasteiger partial charge in [0.05, 0.1) is 7.11 Å². The van der Waals surface area contributed by atoms with Gasteiger partial charge in [0.2, 0.25) is 0 Å². The number of hydrogen-bond donors (Lipinski definition) is 1. The molecule has 0 radical (unpaired) electrons. The van der Waals surface area contributed by atoms with Crippen LogP contribution in [0.3, 0.4) is 0 Å². The highest BCUT2D eigenvalue weighted by Crippen LogP contribution is 2.22. The van der Waals surface area contributed by atoms with Gasteiger partial charge in [-0.05, 0) is 41.3 Å². The molecule has 3 nitrogen and oxygen atoms in total. The molecule has 2 aromatic rings. The SMILES string of the molecule is COc1ccc2cc(CC(=N)N3CCCC3)ccc2c1.Cl. The van der Waals surface area contributed by atoms with E-state index in [1.807, 2.05) is 12.1 Å². The van der Waals surface area contributed by atoms with E-state index in [1.165, 1.54) is 29.2 Å². The third kappa shape index (κ3) is 3.48. The topological polar surface area (TPSA) is 36.3 Å². The van der Waals surface area contributed by atoms with Gasteiger partial charge in [-0.3, -0.25) is 5.41 Å². The first-order valence-electron chi connectivity index (χ1n) is 7.15. The van der Waals surface area contributed by atoms with Gasteiger partial charge in [0.15, 0.2) is 0 Å². The Morgan fingerprint density at radius 3 is 2.48 bits per heavy atom. The van der Waals surface area contributed by atoms with Crippen molar-refractivity contribution in [3.05, 3.63) is 42.0 Å². The molecule has 112 valence electrons. The molecule has 0 atom stereocenters. The molecule has 0 unspecified atom stereocenters. The minimum absolute atomic E-state index is 0. The quantitative estimate of drug-likeness (QED) is 0.690. The molecule has 0 aromatic heterocycles. The van der Waals surface area contributed by atoms with Gasteiger partial charge in [-0.15, -0.1) is 12.4 Å². The van der Waals surface area contributed by atoms with Crippen LogP contribution in [0, 0.1) is 5.41 Å². The van der Waals surface area contributed by atoms with E-state index in [2.05, 4.69) is 29.2 Å². The third-order valence-corrected chi connectivity index (χ3v) is 3.97. The number of ether oxygens (including phenoxy) is 1. The minimum atomic E-state index is 0. The average Bonchev–Trinajstić information content (AvgIpc) is 3.01. The molecule has 1 aliphatic heterocycles. The van der Waals surface area contributed by atoms with Crippen LogP contribution in [0.4, 0.5) is 0 Å². The average molecular weight is 305 g/mol. The summed E-state index contributed by atoms with van der Waals surface area (Å²) in [6.07, 6.45) is 3.17. The van der Waals surface area contributed by atoms with Crippen molar-refractivity contribution < 1.29 is 4.74 Å². The Bertz CT molecular complexity index is 636. The molecule has 1 fully saturated rings. The van der Waals surface area contributed by atoms with E-state index in [0.29, 0.717) is 0 Å². The second-order valence-corrected chi connectivity index (χ2v) is 5.37. The molecule has 1 saturated heterocycles. The van der Waals surface area contributed by atoms with E-state index in [0.717, 1.165) is 31.1 Å². The van der Waals surface area contributed by atoms with Gasteiger partial charge in [0.25, 0.3) is 0 Å². The Hall–Kier alpha value is -1.74. The van der Waals surface area contributed by atoms with Crippen LogP contribution in [-0.4, -0.2) is 30.9 Å². The normalized spacial score (nSPS) is 14.0. The van der Waals surface area contributed by atoms with Gasteiger partial charge in [-0.1, -0.05) is 24.3 Å². The van der Waals surface area contributed by atoms with Gasteiger partial charge < -0.3 is 9.64 Å². The first-order valence-corrected chi connectivity index (χ1v) is 7.15. The number of rotatable bonds is 3. The van der Waals surface area contributed by atoms with Gasteiger partial charge in [-0.25, -0.2) is 0 Å². The maximum absolute atomic E-state index is 8.20. The number of nitrogens with one attached hydrogen (secondary N) is 1. The summed E-state index contributed by atoms with van der Waals surface area (Å²) in [5.74, 6) is 1.63. The predicted molar refractivity (Wildman–Crippen MR) is 90.0 cm³/mol. The lowest BCUT2D eigenvalue weighted by molar-refractivity contribution is 0.415. The van der Waals surface area contributed by atoms with Crippen LogP contribution < -0.4 is 4.74 Å². The number of halogens is 1. The number of amidine groups is 1. The highest BCUT2D eigenvalue weighted by Gasteiger charge is 2.15. The van der Waals surface area contributed by atoms with E-state index in [1.54, 1.807) is 7.11 Å². The minimum Gasteiger partial charge on any atom is -0.497 e. The van der Waals surface area contributed by atoms with Crippen LogP contribution in [0.25, 0.3) is 10.8 Å². The fraction of sp³-hybridized carbons (Fsp3) is 0.353. The fourth-order valence-electron chi connectivity index (χ4n) is 2.80. The van der Waals surface area contributed by atoms with Crippen LogP contribution in [0.15, 0.2) is 36.4 Å². The molecular formula is C17H21ClN2O. The van der Waals surface area contributed by atoms with Crippen molar-refractivity contribution in [1.29, 1.82) is 5.41 Å². The van der Waals surface area contributed by atoms with Crippen LogP contribution >= 0.6 is 12.4 Å². The van der Waals surface area contributed by atoms with Crippen molar-refractivity contribution in [1.82, 2.24) is 4.90 Å². The molecule has 21 heavy (non-hydrogen) atoms. The molecular weight excluding hydrogens is 284 g/mol. The summed E-state index contributed by atoms with van der Waals surface area (Å²) in [6, 6.07) is 12.5. The molecule has 3 rings (SSSR count). The first kappa shape index (κ1) is 15.6. The van der Waals surface area contributed by atoms with E-state index in [9.17, 15) is 0 Å². The third-order valence-electron chi connectivity index (χ3n) is 3.97. The first-order chi connectivity index (χ1) is 9.76. The summed E-state index contributed by atoms with van der Waals surface area (Å²) in [6.45, 7) is 2.09. The molecule has 2 aromatic carbocycles. The standard InChI is InChI=1S/C17H20N2O.ClH/c1-20-16-7-6-14-10-13(4-5-15(14)12-16)11-17(18)19-8-2-3-9-19;/h4-7,10,12,18H,2-3,8-9,11H2,1H3;1H. The van der Waals surface area contributed by atoms with Crippen molar-refractivity contribution in [2.45, 2.75) is 19.3 Å². The second kappa shape index (κ2) is 6.81. The zero-order chi connectivity index (χ0) is 13.9. The lowest BCUT2D eigenvalue weighted by Crippen LogP contribution is -2.28. The van der Waals surface area contributed by atoms with Gasteiger partial charge in [0, 0.05) is 19.5 Å². The van der Waals surface area contributed by atoms with E-state index in [-0.39, 0.29) is 12.4 Å². The zero-order valence-electron chi connectivity index (χ0n) is 12.3. The Kier molecular flexibility index (Phi) is 5.07. The molecule has 0 aliphatic carbocycles. The van der Waals surface area contributed by atoms with Crippen molar-refractivity contribution in [3.8, 4) is 5.75 Å². The lowest BCUT2D eigenvalue weighted by atomic mass is 10.0. The number of likely N-dealkylation sites (tertiary alicyclic amines) is 1. The molecule has 4 heteroatoms. The summed E-state index contributed by atoms with van der Waals surface area (Å²) < 4.78 is 5.24. The Labute approximate surface area is 131 Å². The summed E-state index contributed by atoms with van der Waals surface area (Å²) in [7, 11) is 1.69. The summed E-state index contributed by atoms with van der Waals surface area (Å²) in [4.78, 5) is 2.19. The maximum Gasteiger partial charge on any atom is 0.119 e. The van der Waals surface area contributed by atoms with E-state index < -0.39 is 0 Å². The van der Waals surface area contributed by atoms with Crippen molar-refractivity contribution >= 4 is 29.0 Å². The molecule has 0 spiro atoms. The van der Waals surface area contributed by atoms with Gasteiger partial charge in [0.1, 0.15) is 11.6 Å². The van der Waals surface area contributed by atoms with Crippen LogP contribution in [0.5, 0.6) is 5.75 Å². The smallest absolute Gasteiger partial charge is 0.119 e. The summed E-state index contributed by atoms with van der Waals surface area (Å²) in [5.41, 5.74) is 1.21. The van der Waals surface area contributed by atoms with E-state index in [4.69, 9.17) is 10.1 Å². The highest BCUT2D eigenvalue weighted by molar-refractivity contribution is 5.87. The molecule has 0 saturated carbocycles. The van der Waals surface area contributed by atoms with Crippen LogP contribution in [-0.2, 0) is 6.42 Å². The van der Waals surface area contributed by atoms with Crippen molar-refractivity contribution in [2.24, 2.45) is 0 Å². The van der Waals surface area contributed by atoms with Crippen molar-refractivity contribution in [3.63, 3.8) is 0 Å². The predicted octanol–water partition coefficient (Wildman–Crippen LogP) is 3.89. The van der Waals surface area contributed by atoms with Crippen LogP contribution in [0.1, 0.15) is 18.4 Å². The van der Waals surface area contributed by atoms with Crippen LogP contribution in [0.2, 0.25) is 0 Å². The van der Waals surface area contributed by atoms with Crippen molar-refractivity contribution in [2.75, 3.05) is 20.2 Å². The summed E-state index contributed by atoms with van der Waals surface area (Å²) in [5, 5.41) is 10.6. The highest BCUT2D eigenvalue weighted by atomic mass is 35.5. The number of methoxy groups -OCH3 is 1. The molecule has 0 bridgehead atoms. The molecule has 1 heterocycles. The number of benzene rings is 2. The maximum atomic E-state index is 8.20. The van der Waals surface area contributed by atoms with E-state index >= 15 is 0 Å². The number of hydrogen-bond acceptors (Lipinski definition) is 2. The monoisotopic (exact) mass is 304 g/mol. The second-order valence-electron chi connectivity index (χ2n) is 5.37. The Morgan fingerprint density at radius 1 is 1.10 bits per heavy atom. The number of nitrogens with zero attached hydrogens (tertiary/aromatic N) is 1. The number of fused-ring (bicyclic) bond motifs is 1. The lowest BCUT2D eigenvalue weighted by Gasteiger charge is -2.18. The summed E-state index contributed by atoms with van der Waals surface area (Å²) >= 11 is 0. The Balaban J connectivity index is 0.00000161. The van der Waals surface area contributed by atoms with Gasteiger partial charge in [-0.2, -0.15) is 0 Å². The Morgan fingerprint density at radius 2 is 1.76 bits per heavy atom. The molecule has 0 amide bonds. The zero-order valence-corrected chi connectivity index (χ0v) is 13.1. The fourth-order valence-corrected chi connectivity index (χ4v) is 2.80. The largest absolute Gasteiger partial charge is 0.497 e. The molecule has 1 aliphatic rings. The molecule has 1 N–H and O–H groups in total.